The molecule has 7 nitrogen and oxygen atoms in total. The molecular weight excluding hydrogens is 302 g/mol. The largest absolute Gasteiger partial charge is 0.506 e. The maximum atomic E-state index is 12.2. The summed E-state index contributed by atoms with van der Waals surface area (Å²) in [6.45, 7) is 1.54. The molecule has 1 fully saturated rings. The molecule has 122 valence electrons. The molecule has 23 heavy (non-hydrogen) atoms. The van der Waals surface area contributed by atoms with E-state index in [9.17, 15) is 25.2 Å². The normalized spacial score (nSPS) is 34.3. The number of ketones is 1. The predicted molar refractivity (Wildman–Crippen MR) is 81.2 cm³/mol. The molecule has 0 spiro atoms. The summed E-state index contributed by atoms with van der Waals surface area (Å²) in [7, 11) is 0. The van der Waals surface area contributed by atoms with Gasteiger partial charge in [0, 0.05) is 17.3 Å². The van der Waals surface area contributed by atoms with Gasteiger partial charge in [-0.15, -0.1) is 0 Å². The SMILES string of the molecule is C[C@H]1O[C@H](/N=C/C2=C(O)c3ccccc3C2=O)[C@@H](O)[C@@H](O)[C@@H]1O. The van der Waals surface area contributed by atoms with Crippen molar-refractivity contribution >= 4 is 17.8 Å². The number of allylic oxidation sites excluding steroid dienone is 1. The first-order chi connectivity index (χ1) is 10.9. The second-order valence-electron chi connectivity index (χ2n) is 5.62. The smallest absolute Gasteiger partial charge is 0.199 e. The van der Waals surface area contributed by atoms with E-state index in [2.05, 4.69) is 4.99 Å². The maximum absolute atomic E-state index is 12.2. The average Bonchev–Trinajstić information content (AvgIpc) is 2.80. The predicted octanol–water partition coefficient (Wildman–Crippen LogP) is 0.0503. The zero-order valence-electron chi connectivity index (χ0n) is 12.3. The lowest BCUT2D eigenvalue weighted by molar-refractivity contribution is -0.214. The van der Waals surface area contributed by atoms with Crippen molar-refractivity contribution in [3.63, 3.8) is 0 Å². The zero-order chi connectivity index (χ0) is 16.7. The standard InChI is InChI=1S/C16H17NO6/c1-7-11(18)14(21)15(22)16(23-7)17-6-10-12(19)8-4-2-3-5-9(8)13(10)20/h2-7,11,14-16,18-19,21-22H,1H3/b17-6+/t7-,11-,14+,15+,16+/m1/s1. The molecule has 0 bridgehead atoms. The molecule has 0 amide bonds. The van der Waals surface area contributed by atoms with Crippen LogP contribution in [0.1, 0.15) is 22.8 Å². The van der Waals surface area contributed by atoms with Crippen LogP contribution in [0.5, 0.6) is 0 Å². The number of aliphatic hydroxyl groups excluding tert-OH is 4. The Labute approximate surface area is 132 Å². The van der Waals surface area contributed by atoms with Crippen LogP contribution in [-0.4, -0.2) is 63.1 Å². The molecule has 4 N–H and O–H groups in total. The maximum Gasteiger partial charge on any atom is 0.199 e. The number of carbonyl (C=O) groups excluding carboxylic acids is 1. The van der Waals surface area contributed by atoms with Crippen LogP contribution in [0.3, 0.4) is 0 Å². The minimum atomic E-state index is -1.43. The van der Waals surface area contributed by atoms with Crippen molar-refractivity contribution < 1.29 is 30.0 Å². The minimum Gasteiger partial charge on any atom is -0.506 e. The molecule has 0 aromatic heterocycles. The Kier molecular flexibility index (Phi) is 4.03. The van der Waals surface area contributed by atoms with Crippen molar-refractivity contribution in [3.8, 4) is 0 Å². The molecule has 1 aromatic rings. The first-order valence-corrected chi connectivity index (χ1v) is 7.22. The minimum absolute atomic E-state index is 0.00438. The van der Waals surface area contributed by atoms with Crippen molar-refractivity contribution in [1.29, 1.82) is 0 Å². The van der Waals surface area contributed by atoms with Gasteiger partial charge in [0.15, 0.2) is 12.0 Å². The molecule has 0 unspecified atom stereocenters. The van der Waals surface area contributed by atoms with Crippen LogP contribution in [0.2, 0.25) is 0 Å². The fourth-order valence-electron chi connectivity index (χ4n) is 2.71. The number of rotatable bonds is 2. The monoisotopic (exact) mass is 319 g/mol. The summed E-state index contributed by atoms with van der Waals surface area (Å²) in [4.78, 5) is 16.2. The lowest BCUT2D eigenvalue weighted by atomic mass is 9.99. The summed E-state index contributed by atoms with van der Waals surface area (Å²) in [5.41, 5.74) is 0.795. The van der Waals surface area contributed by atoms with Crippen molar-refractivity contribution in [2.24, 2.45) is 4.99 Å². The number of Topliss-reactive ketones (excluding diaryl/α,β-unsaturated/α-hetero) is 1. The number of aliphatic hydroxyl groups is 4. The van der Waals surface area contributed by atoms with Gasteiger partial charge in [0.25, 0.3) is 0 Å². The molecule has 1 aliphatic carbocycles. The Morgan fingerprint density at radius 3 is 2.39 bits per heavy atom. The van der Waals surface area contributed by atoms with Crippen LogP contribution in [-0.2, 0) is 4.74 Å². The summed E-state index contributed by atoms with van der Waals surface area (Å²) >= 11 is 0. The highest BCUT2D eigenvalue weighted by atomic mass is 16.5. The van der Waals surface area contributed by atoms with E-state index in [1.54, 1.807) is 24.3 Å². The Balaban J connectivity index is 1.84. The van der Waals surface area contributed by atoms with Gasteiger partial charge in [-0.05, 0) is 6.92 Å². The highest BCUT2D eigenvalue weighted by Crippen LogP contribution is 2.30. The first kappa shape index (κ1) is 15.8. The van der Waals surface area contributed by atoms with Crippen LogP contribution in [0.4, 0.5) is 0 Å². The third-order valence-corrected chi connectivity index (χ3v) is 4.10. The van der Waals surface area contributed by atoms with E-state index < -0.39 is 30.6 Å². The van der Waals surface area contributed by atoms with Crippen LogP contribution in [0.15, 0.2) is 34.8 Å². The highest BCUT2D eigenvalue weighted by Gasteiger charge is 2.41. The van der Waals surface area contributed by atoms with Crippen molar-refractivity contribution in [2.45, 2.75) is 37.6 Å². The molecule has 1 heterocycles. The van der Waals surface area contributed by atoms with Crippen molar-refractivity contribution in [3.05, 3.63) is 41.0 Å². The summed E-state index contributed by atoms with van der Waals surface area (Å²) < 4.78 is 5.32. The van der Waals surface area contributed by atoms with Crippen LogP contribution < -0.4 is 0 Å². The number of ether oxygens (including phenoxy) is 1. The Hall–Kier alpha value is -2.06. The molecule has 1 aliphatic heterocycles. The van der Waals surface area contributed by atoms with Crippen molar-refractivity contribution in [2.75, 3.05) is 0 Å². The van der Waals surface area contributed by atoms with E-state index in [-0.39, 0.29) is 17.1 Å². The number of hydrogen-bond donors (Lipinski definition) is 4. The highest BCUT2D eigenvalue weighted by molar-refractivity contribution is 6.30. The first-order valence-electron chi connectivity index (χ1n) is 7.22. The summed E-state index contributed by atoms with van der Waals surface area (Å²) in [6.07, 6.45) is -4.79. The van der Waals surface area contributed by atoms with Crippen molar-refractivity contribution in [1.82, 2.24) is 0 Å². The zero-order valence-corrected chi connectivity index (χ0v) is 12.3. The second-order valence-corrected chi connectivity index (χ2v) is 5.62. The van der Waals surface area contributed by atoms with E-state index >= 15 is 0 Å². The fraction of sp³-hybridized carbons (Fsp3) is 0.375. The molecule has 0 saturated carbocycles. The van der Waals surface area contributed by atoms with Gasteiger partial charge in [0.2, 0.25) is 0 Å². The summed E-state index contributed by atoms with van der Waals surface area (Å²) in [5.74, 6) is -0.561. The number of nitrogens with zero attached hydrogens (tertiary/aromatic N) is 1. The van der Waals surface area contributed by atoms with Gasteiger partial charge in [0.1, 0.15) is 24.1 Å². The van der Waals surface area contributed by atoms with E-state index in [4.69, 9.17) is 4.74 Å². The average molecular weight is 319 g/mol. The number of aliphatic imine (C=N–C) groups is 1. The van der Waals surface area contributed by atoms with Gasteiger partial charge in [0.05, 0.1) is 11.7 Å². The number of benzene rings is 1. The van der Waals surface area contributed by atoms with E-state index in [0.29, 0.717) is 11.1 Å². The molecule has 0 radical (unpaired) electrons. The van der Waals surface area contributed by atoms with Gasteiger partial charge in [-0.2, -0.15) is 0 Å². The van der Waals surface area contributed by atoms with Gasteiger partial charge in [-0.1, -0.05) is 24.3 Å². The van der Waals surface area contributed by atoms with Gasteiger partial charge >= 0.3 is 0 Å². The Bertz CT molecular complexity index is 698. The fourth-order valence-corrected chi connectivity index (χ4v) is 2.71. The van der Waals surface area contributed by atoms with Crippen LogP contribution >= 0.6 is 0 Å². The van der Waals surface area contributed by atoms with Gasteiger partial charge < -0.3 is 25.2 Å². The number of carbonyl (C=O) groups is 1. The molecule has 5 atom stereocenters. The lowest BCUT2D eigenvalue weighted by Gasteiger charge is -2.37. The van der Waals surface area contributed by atoms with E-state index in [0.717, 1.165) is 6.21 Å². The van der Waals surface area contributed by atoms with Gasteiger partial charge in [-0.25, -0.2) is 0 Å². The number of fused-ring (bicyclic) bond motifs is 1. The van der Waals surface area contributed by atoms with E-state index in [1.165, 1.54) is 6.92 Å². The topological polar surface area (TPSA) is 120 Å². The third-order valence-electron chi connectivity index (χ3n) is 4.10. The Morgan fingerprint density at radius 2 is 1.74 bits per heavy atom. The molecule has 1 aromatic carbocycles. The van der Waals surface area contributed by atoms with E-state index in [1.807, 2.05) is 0 Å². The number of hydrogen-bond acceptors (Lipinski definition) is 7. The Morgan fingerprint density at radius 1 is 1.09 bits per heavy atom. The van der Waals surface area contributed by atoms with Gasteiger partial charge in [-0.3, -0.25) is 9.79 Å². The molecule has 7 heteroatoms. The molecule has 1 saturated heterocycles. The summed E-state index contributed by atoms with van der Waals surface area (Å²) in [5, 5.41) is 39.4. The third kappa shape index (κ3) is 2.57. The molecule has 3 rings (SSSR count). The quantitative estimate of drug-likeness (QED) is 0.572. The van der Waals surface area contributed by atoms with Crippen LogP contribution in [0, 0.1) is 0 Å². The second kappa shape index (κ2) is 5.86. The van der Waals surface area contributed by atoms with Crippen LogP contribution in [0.25, 0.3) is 5.76 Å². The summed E-state index contributed by atoms with van der Waals surface area (Å²) in [6, 6.07) is 6.62. The molecule has 2 aliphatic rings. The lowest BCUT2D eigenvalue weighted by Crippen LogP contribution is -2.56. The molecular formula is C16H17NO6.